The first kappa shape index (κ1) is 19.8. The van der Waals surface area contributed by atoms with Gasteiger partial charge in [-0.3, -0.25) is 5.10 Å². The van der Waals surface area contributed by atoms with Crippen molar-refractivity contribution in [3.05, 3.63) is 41.1 Å². The molecule has 1 aliphatic carbocycles. The van der Waals surface area contributed by atoms with Crippen molar-refractivity contribution >= 4 is 27.4 Å². The first-order valence-corrected chi connectivity index (χ1v) is 11.7. The Morgan fingerprint density at radius 1 is 1.28 bits per heavy atom. The van der Waals surface area contributed by atoms with Gasteiger partial charge in [-0.2, -0.15) is 5.10 Å². The maximum atomic E-state index is 11.9. The Labute approximate surface area is 170 Å². The molecular formula is C20H26N4O4S. The normalized spacial score (nSPS) is 22.4. The van der Waals surface area contributed by atoms with E-state index in [-0.39, 0.29) is 35.7 Å². The zero-order valence-corrected chi connectivity index (χ0v) is 17.4. The summed E-state index contributed by atoms with van der Waals surface area (Å²) in [5.41, 5.74) is 3.44. The predicted molar refractivity (Wildman–Crippen MR) is 110 cm³/mol. The predicted octanol–water partition coefficient (Wildman–Crippen LogP) is 3.35. The SMILES string of the molecule is CC(C)NC(=O)O[C@@H]1CC[C@H](c2cc(Nc3cccc4c3CS(=O)(=O)C4)n[nH]2)C1. The summed E-state index contributed by atoms with van der Waals surface area (Å²) in [6.45, 7) is 3.80. The number of hydrogen-bond acceptors (Lipinski definition) is 6. The summed E-state index contributed by atoms with van der Waals surface area (Å²) in [6.07, 6.45) is 2.03. The fourth-order valence-electron chi connectivity index (χ4n) is 4.06. The lowest BCUT2D eigenvalue weighted by Crippen LogP contribution is -2.33. The van der Waals surface area contributed by atoms with Crippen molar-refractivity contribution in [3.8, 4) is 0 Å². The van der Waals surface area contributed by atoms with Crippen molar-refractivity contribution < 1.29 is 17.9 Å². The van der Waals surface area contributed by atoms with Crippen LogP contribution in [0.4, 0.5) is 16.3 Å². The largest absolute Gasteiger partial charge is 0.446 e. The van der Waals surface area contributed by atoms with Gasteiger partial charge < -0.3 is 15.4 Å². The molecular weight excluding hydrogens is 392 g/mol. The Hall–Kier alpha value is -2.55. The Kier molecular flexibility index (Phi) is 5.24. The molecule has 1 saturated carbocycles. The average Bonchev–Trinajstić information content (AvgIpc) is 3.32. The van der Waals surface area contributed by atoms with Gasteiger partial charge in [-0.05, 0) is 50.3 Å². The number of fused-ring (bicyclic) bond motifs is 1. The van der Waals surface area contributed by atoms with Gasteiger partial charge in [0.2, 0.25) is 0 Å². The minimum absolute atomic E-state index is 0.0513. The number of carbonyl (C=O) groups excluding carboxylic acids is 1. The maximum absolute atomic E-state index is 11.9. The highest BCUT2D eigenvalue weighted by molar-refractivity contribution is 7.90. The zero-order valence-electron chi connectivity index (χ0n) is 16.6. The first-order valence-electron chi connectivity index (χ1n) is 9.90. The van der Waals surface area contributed by atoms with Crippen LogP contribution >= 0.6 is 0 Å². The molecule has 1 fully saturated rings. The van der Waals surface area contributed by atoms with E-state index in [0.717, 1.165) is 41.8 Å². The Bertz CT molecular complexity index is 1020. The van der Waals surface area contributed by atoms with E-state index >= 15 is 0 Å². The van der Waals surface area contributed by atoms with Gasteiger partial charge in [0.25, 0.3) is 0 Å². The van der Waals surface area contributed by atoms with Gasteiger partial charge in [-0.15, -0.1) is 0 Å². The van der Waals surface area contributed by atoms with Gasteiger partial charge in [0, 0.05) is 29.4 Å². The Morgan fingerprint density at radius 2 is 2.10 bits per heavy atom. The summed E-state index contributed by atoms with van der Waals surface area (Å²) in [4.78, 5) is 11.8. The molecule has 2 atom stereocenters. The number of hydrogen-bond donors (Lipinski definition) is 3. The highest BCUT2D eigenvalue weighted by Crippen LogP contribution is 2.37. The number of carbonyl (C=O) groups is 1. The fourth-order valence-corrected chi connectivity index (χ4v) is 5.69. The van der Waals surface area contributed by atoms with E-state index in [0.29, 0.717) is 5.82 Å². The Balaban J connectivity index is 1.39. The molecule has 156 valence electrons. The van der Waals surface area contributed by atoms with Gasteiger partial charge in [0.1, 0.15) is 6.10 Å². The smallest absolute Gasteiger partial charge is 0.407 e. The van der Waals surface area contributed by atoms with Crippen LogP contribution in [0.3, 0.4) is 0 Å². The summed E-state index contributed by atoms with van der Waals surface area (Å²) in [5, 5.41) is 13.4. The summed E-state index contributed by atoms with van der Waals surface area (Å²) >= 11 is 0. The monoisotopic (exact) mass is 418 g/mol. The average molecular weight is 419 g/mol. The van der Waals surface area contributed by atoms with Crippen LogP contribution in [0.1, 0.15) is 55.8 Å². The van der Waals surface area contributed by atoms with E-state index in [1.54, 1.807) is 0 Å². The highest BCUT2D eigenvalue weighted by atomic mass is 32.2. The van der Waals surface area contributed by atoms with Crippen LogP contribution in [-0.2, 0) is 26.1 Å². The van der Waals surface area contributed by atoms with Crippen molar-refractivity contribution in [1.82, 2.24) is 15.5 Å². The number of aromatic nitrogens is 2. The summed E-state index contributed by atoms with van der Waals surface area (Å²) in [6, 6.07) is 7.59. The molecule has 4 rings (SSSR count). The number of H-pyrrole nitrogens is 1. The molecule has 3 N–H and O–H groups in total. The number of alkyl carbamates (subject to hydrolysis) is 1. The van der Waals surface area contributed by atoms with Crippen LogP contribution in [0.5, 0.6) is 0 Å². The number of benzene rings is 1. The van der Waals surface area contributed by atoms with E-state index in [9.17, 15) is 13.2 Å². The third kappa shape index (κ3) is 4.55. The second kappa shape index (κ2) is 7.70. The van der Waals surface area contributed by atoms with Crippen molar-refractivity contribution in [2.45, 2.75) is 62.7 Å². The molecule has 1 aromatic carbocycles. The minimum atomic E-state index is -3.07. The van der Waals surface area contributed by atoms with E-state index < -0.39 is 9.84 Å². The third-order valence-corrected chi connectivity index (χ3v) is 6.86. The molecule has 0 unspecified atom stereocenters. The molecule has 0 radical (unpaired) electrons. The molecule has 29 heavy (non-hydrogen) atoms. The second-order valence-electron chi connectivity index (χ2n) is 8.15. The van der Waals surface area contributed by atoms with Crippen LogP contribution in [-0.4, -0.2) is 36.9 Å². The lowest BCUT2D eigenvalue weighted by atomic mass is 10.0. The summed E-state index contributed by atoms with van der Waals surface area (Å²) < 4.78 is 29.4. The number of ether oxygens (including phenoxy) is 1. The molecule has 2 aromatic rings. The number of nitrogens with zero attached hydrogens (tertiary/aromatic N) is 1. The van der Waals surface area contributed by atoms with E-state index in [2.05, 4.69) is 20.8 Å². The summed E-state index contributed by atoms with van der Waals surface area (Å²) in [7, 11) is -3.07. The Morgan fingerprint density at radius 3 is 2.90 bits per heavy atom. The molecule has 0 bridgehead atoms. The molecule has 0 saturated heterocycles. The van der Waals surface area contributed by atoms with Crippen LogP contribution in [0.2, 0.25) is 0 Å². The van der Waals surface area contributed by atoms with Crippen LogP contribution in [0.25, 0.3) is 0 Å². The van der Waals surface area contributed by atoms with Gasteiger partial charge in [-0.25, -0.2) is 13.2 Å². The van der Waals surface area contributed by atoms with Crippen molar-refractivity contribution in [2.75, 3.05) is 5.32 Å². The molecule has 2 heterocycles. The van der Waals surface area contributed by atoms with Crippen LogP contribution < -0.4 is 10.6 Å². The standard InChI is InChI=1S/C20H26N4O4S/c1-12(2)21-20(25)28-15-7-6-13(8-15)18-9-19(24-23-18)22-17-5-3-4-14-10-29(26,27)11-16(14)17/h3-5,9,12-13,15H,6-8,10-11H2,1-2H3,(H,21,25)(H2,22,23,24)/t13-,15+/m0/s1. The molecule has 8 nitrogen and oxygen atoms in total. The number of amides is 1. The van der Waals surface area contributed by atoms with E-state index in [1.165, 1.54) is 0 Å². The van der Waals surface area contributed by atoms with Gasteiger partial charge >= 0.3 is 6.09 Å². The van der Waals surface area contributed by atoms with Crippen LogP contribution in [0.15, 0.2) is 24.3 Å². The minimum Gasteiger partial charge on any atom is -0.446 e. The molecule has 9 heteroatoms. The lowest BCUT2D eigenvalue weighted by molar-refractivity contribution is 0.0981. The molecule has 1 aliphatic heterocycles. The molecule has 1 amide bonds. The van der Waals surface area contributed by atoms with Gasteiger partial charge in [0.15, 0.2) is 15.7 Å². The highest BCUT2D eigenvalue weighted by Gasteiger charge is 2.30. The van der Waals surface area contributed by atoms with Crippen molar-refractivity contribution in [1.29, 1.82) is 0 Å². The summed E-state index contributed by atoms with van der Waals surface area (Å²) in [5.74, 6) is 1.05. The quantitative estimate of drug-likeness (QED) is 0.686. The van der Waals surface area contributed by atoms with Crippen LogP contribution in [0, 0.1) is 0 Å². The van der Waals surface area contributed by atoms with E-state index in [4.69, 9.17) is 4.74 Å². The number of rotatable bonds is 5. The number of anilines is 2. The van der Waals surface area contributed by atoms with Crippen molar-refractivity contribution in [3.63, 3.8) is 0 Å². The number of aromatic amines is 1. The second-order valence-corrected chi connectivity index (χ2v) is 10.2. The van der Waals surface area contributed by atoms with Gasteiger partial charge in [-0.1, -0.05) is 12.1 Å². The topological polar surface area (TPSA) is 113 Å². The number of sulfone groups is 1. The van der Waals surface area contributed by atoms with Gasteiger partial charge in [0.05, 0.1) is 11.5 Å². The molecule has 0 spiro atoms. The van der Waals surface area contributed by atoms with Crippen molar-refractivity contribution in [2.24, 2.45) is 0 Å². The number of nitrogens with one attached hydrogen (secondary N) is 3. The zero-order chi connectivity index (χ0) is 20.6. The molecule has 1 aromatic heterocycles. The third-order valence-electron chi connectivity index (χ3n) is 5.38. The fraction of sp³-hybridized carbons (Fsp3) is 0.500. The molecule has 2 aliphatic rings. The van der Waals surface area contributed by atoms with E-state index in [1.807, 2.05) is 38.1 Å². The maximum Gasteiger partial charge on any atom is 0.407 e. The lowest BCUT2D eigenvalue weighted by Gasteiger charge is -2.14. The first-order chi connectivity index (χ1) is 13.8.